The lowest BCUT2D eigenvalue weighted by molar-refractivity contribution is -0.106. The van der Waals surface area contributed by atoms with E-state index in [1.165, 1.54) is 43.4 Å². The lowest BCUT2D eigenvalue weighted by Crippen LogP contribution is -2.16. The Hall–Kier alpha value is -3.66. The average molecular weight is 414 g/mol. The number of hydrogen-bond donors (Lipinski definition) is 1. The lowest BCUT2D eigenvalue weighted by atomic mass is 10.2. The summed E-state index contributed by atoms with van der Waals surface area (Å²) < 4.78 is 38.0. The molecule has 3 rings (SSSR count). The highest BCUT2D eigenvalue weighted by Gasteiger charge is 2.21. The predicted octanol–water partition coefficient (Wildman–Crippen LogP) is 2.59. The van der Waals surface area contributed by atoms with E-state index in [0.29, 0.717) is 17.8 Å². The van der Waals surface area contributed by atoms with Crippen molar-refractivity contribution >= 4 is 33.6 Å². The maximum atomic E-state index is 12.7. The third kappa shape index (κ3) is 4.27. The van der Waals surface area contributed by atoms with E-state index in [4.69, 9.17) is 9.47 Å². The number of hydrogen-bond acceptors (Lipinski definition) is 7. The number of amides is 1. The van der Waals surface area contributed by atoms with Gasteiger partial charge in [0.15, 0.2) is 5.82 Å². The van der Waals surface area contributed by atoms with Crippen molar-refractivity contribution in [3.05, 3.63) is 60.9 Å². The van der Waals surface area contributed by atoms with E-state index in [1.54, 1.807) is 24.3 Å². The van der Waals surface area contributed by atoms with Crippen molar-refractivity contribution in [3.63, 3.8) is 0 Å². The van der Waals surface area contributed by atoms with Crippen molar-refractivity contribution in [2.75, 3.05) is 23.8 Å². The third-order valence-electron chi connectivity index (χ3n) is 3.96. The number of para-hydroxylation sites is 1. The van der Waals surface area contributed by atoms with E-state index >= 15 is 0 Å². The molecule has 0 unspecified atom stereocenters. The lowest BCUT2D eigenvalue weighted by Gasteiger charge is -2.18. The Balaban J connectivity index is 1.88. The highest BCUT2D eigenvalue weighted by Crippen LogP contribution is 2.32. The van der Waals surface area contributed by atoms with Crippen molar-refractivity contribution in [3.8, 4) is 11.6 Å². The molecule has 0 bridgehead atoms. The Labute approximate surface area is 168 Å². The second-order valence-corrected chi connectivity index (χ2v) is 7.36. The predicted molar refractivity (Wildman–Crippen MR) is 107 cm³/mol. The molecule has 0 aliphatic rings. The number of rotatable bonds is 8. The summed E-state index contributed by atoms with van der Waals surface area (Å²) in [6, 6.07) is 14.8. The van der Waals surface area contributed by atoms with E-state index in [1.807, 2.05) is 6.07 Å². The number of anilines is 3. The molecule has 0 aliphatic carbocycles. The molecule has 0 radical (unpaired) electrons. The third-order valence-corrected chi connectivity index (χ3v) is 5.32. The van der Waals surface area contributed by atoms with Gasteiger partial charge in [-0.05, 0) is 36.4 Å². The van der Waals surface area contributed by atoms with E-state index in [9.17, 15) is 13.2 Å². The minimum atomic E-state index is -3.97. The van der Waals surface area contributed by atoms with E-state index in [2.05, 4.69) is 14.7 Å². The first kappa shape index (κ1) is 20.1. The summed E-state index contributed by atoms with van der Waals surface area (Å²) >= 11 is 0. The summed E-state index contributed by atoms with van der Waals surface area (Å²) in [5.41, 5.74) is 1.18. The van der Waals surface area contributed by atoms with Crippen molar-refractivity contribution in [2.45, 2.75) is 4.90 Å². The summed E-state index contributed by atoms with van der Waals surface area (Å²) in [5.74, 6) is 0.105. The van der Waals surface area contributed by atoms with Gasteiger partial charge in [-0.1, -0.05) is 18.2 Å². The molecule has 1 heterocycles. The molecule has 0 spiro atoms. The van der Waals surface area contributed by atoms with Gasteiger partial charge in [-0.25, -0.2) is 13.4 Å². The molecular formula is C19H18N4O5S. The monoisotopic (exact) mass is 414 g/mol. The van der Waals surface area contributed by atoms with Gasteiger partial charge in [0.05, 0.1) is 19.1 Å². The molecule has 0 saturated carbocycles. The molecule has 0 saturated heterocycles. The smallest absolute Gasteiger partial charge is 0.263 e. The summed E-state index contributed by atoms with van der Waals surface area (Å²) in [6.07, 6.45) is 1.82. The van der Waals surface area contributed by atoms with E-state index in [-0.39, 0.29) is 22.3 Å². The van der Waals surface area contributed by atoms with Crippen molar-refractivity contribution < 1.29 is 22.7 Å². The van der Waals surface area contributed by atoms with Crippen LogP contribution in [0.1, 0.15) is 0 Å². The van der Waals surface area contributed by atoms with Crippen molar-refractivity contribution in [1.82, 2.24) is 9.97 Å². The fourth-order valence-corrected chi connectivity index (χ4v) is 3.60. The maximum absolute atomic E-state index is 12.7. The Morgan fingerprint density at radius 3 is 2.17 bits per heavy atom. The number of carbonyl (C=O) groups excluding carboxylic acids is 1. The molecular weight excluding hydrogens is 396 g/mol. The summed E-state index contributed by atoms with van der Waals surface area (Å²) in [4.78, 5) is 20.7. The molecule has 1 aromatic heterocycles. The molecule has 0 fully saturated rings. The Morgan fingerprint density at radius 1 is 0.931 bits per heavy atom. The van der Waals surface area contributed by atoms with Crippen LogP contribution >= 0.6 is 0 Å². The van der Waals surface area contributed by atoms with Crippen LogP contribution in [0.4, 0.5) is 17.2 Å². The molecule has 9 nitrogen and oxygen atoms in total. The highest BCUT2D eigenvalue weighted by atomic mass is 32.2. The van der Waals surface area contributed by atoms with Crippen LogP contribution in [-0.4, -0.2) is 39.0 Å². The molecule has 2 aromatic carbocycles. The Morgan fingerprint density at radius 2 is 1.59 bits per heavy atom. The van der Waals surface area contributed by atoms with Gasteiger partial charge >= 0.3 is 0 Å². The van der Waals surface area contributed by atoms with Crippen LogP contribution in [0.25, 0.3) is 0 Å². The Bertz CT molecular complexity index is 1090. The van der Waals surface area contributed by atoms with E-state index < -0.39 is 10.0 Å². The minimum absolute atomic E-state index is 0.0141. The normalized spacial score (nSPS) is 10.8. The van der Waals surface area contributed by atoms with Gasteiger partial charge in [-0.3, -0.25) is 14.4 Å². The fraction of sp³-hybridized carbons (Fsp3) is 0.105. The van der Waals surface area contributed by atoms with Crippen LogP contribution in [0, 0.1) is 0 Å². The van der Waals surface area contributed by atoms with Gasteiger partial charge in [0.1, 0.15) is 6.33 Å². The Kier molecular flexibility index (Phi) is 5.93. The van der Waals surface area contributed by atoms with Gasteiger partial charge in [0.2, 0.25) is 12.2 Å². The fourth-order valence-electron chi connectivity index (χ4n) is 2.59. The molecule has 10 heteroatoms. The van der Waals surface area contributed by atoms with Crippen LogP contribution < -0.4 is 19.1 Å². The van der Waals surface area contributed by atoms with Gasteiger partial charge in [0.25, 0.3) is 15.9 Å². The molecule has 1 N–H and O–H groups in total. The van der Waals surface area contributed by atoms with Crippen molar-refractivity contribution in [1.29, 1.82) is 0 Å². The van der Waals surface area contributed by atoms with Crippen LogP contribution in [-0.2, 0) is 14.8 Å². The number of aromatic nitrogens is 2. The molecule has 0 aliphatic heterocycles. The maximum Gasteiger partial charge on any atom is 0.263 e. The zero-order chi connectivity index (χ0) is 20.9. The molecule has 150 valence electrons. The van der Waals surface area contributed by atoms with Crippen molar-refractivity contribution in [2.24, 2.45) is 0 Å². The van der Waals surface area contributed by atoms with Gasteiger partial charge in [0, 0.05) is 11.4 Å². The minimum Gasteiger partial charge on any atom is -0.489 e. The average Bonchev–Trinajstić information content (AvgIpc) is 2.75. The first-order valence-corrected chi connectivity index (χ1v) is 9.84. The van der Waals surface area contributed by atoms with Crippen LogP contribution in [0.2, 0.25) is 0 Å². The molecule has 0 atom stereocenters. The topological polar surface area (TPSA) is 111 Å². The first-order valence-electron chi connectivity index (χ1n) is 8.35. The number of benzene rings is 2. The second-order valence-electron chi connectivity index (χ2n) is 5.68. The molecule has 1 amide bonds. The summed E-state index contributed by atoms with van der Waals surface area (Å²) in [7, 11) is -1.23. The standard InChI is InChI=1S/C19H18N4O5S/c1-27-17-18(20-12-21-19(17)28-2)22-29(25,26)16-10-8-15(9-11-16)23(13-24)14-6-4-3-5-7-14/h3-13H,1-2H3,(H,20,21,22). The van der Waals surface area contributed by atoms with Gasteiger partial charge in [-0.15, -0.1) is 0 Å². The summed E-state index contributed by atoms with van der Waals surface area (Å²) in [5, 5.41) is 0. The first-order chi connectivity index (χ1) is 14.0. The van der Waals surface area contributed by atoms with Crippen LogP contribution in [0.5, 0.6) is 11.6 Å². The van der Waals surface area contributed by atoms with E-state index in [0.717, 1.165) is 6.33 Å². The number of nitrogens with zero attached hydrogens (tertiary/aromatic N) is 3. The number of ether oxygens (including phenoxy) is 2. The number of sulfonamides is 1. The zero-order valence-electron chi connectivity index (χ0n) is 15.6. The highest BCUT2D eigenvalue weighted by molar-refractivity contribution is 7.92. The number of nitrogens with one attached hydrogen (secondary N) is 1. The van der Waals surface area contributed by atoms with Crippen LogP contribution in [0.3, 0.4) is 0 Å². The number of carbonyl (C=O) groups is 1. The van der Waals surface area contributed by atoms with Gasteiger partial charge in [-0.2, -0.15) is 4.98 Å². The summed E-state index contributed by atoms with van der Waals surface area (Å²) in [6.45, 7) is 0. The van der Waals surface area contributed by atoms with Gasteiger partial charge < -0.3 is 9.47 Å². The second kappa shape index (κ2) is 8.57. The largest absolute Gasteiger partial charge is 0.489 e. The SMILES string of the molecule is COc1ncnc(NS(=O)(=O)c2ccc(N(C=O)c3ccccc3)cc2)c1OC. The molecule has 3 aromatic rings. The van der Waals surface area contributed by atoms with Crippen LogP contribution in [0.15, 0.2) is 65.8 Å². The zero-order valence-corrected chi connectivity index (χ0v) is 16.5. The quantitative estimate of drug-likeness (QED) is 0.564. The molecule has 29 heavy (non-hydrogen) atoms. The number of methoxy groups -OCH3 is 2.